The highest BCUT2D eigenvalue weighted by molar-refractivity contribution is 7.22. The number of fused-ring (bicyclic) bond motifs is 1. The molecule has 0 saturated carbocycles. The molecule has 30 heavy (non-hydrogen) atoms. The fourth-order valence-electron chi connectivity index (χ4n) is 2.83. The lowest BCUT2D eigenvalue weighted by atomic mass is 10.2. The van der Waals surface area contributed by atoms with Gasteiger partial charge in [0.05, 0.1) is 30.7 Å². The van der Waals surface area contributed by atoms with Gasteiger partial charge in [-0.3, -0.25) is 4.79 Å². The number of benzene rings is 2. The van der Waals surface area contributed by atoms with Crippen molar-refractivity contribution in [2.24, 2.45) is 5.10 Å². The fourth-order valence-corrected chi connectivity index (χ4v) is 4.43. The summed E-state index contributed by atoms with van der Waals surface area (Å²) >= 11 is 2.96. The summed E-state index contributed by atoms with van der Waals surface area (Å²) in [7, 11) is 3.09. The van der Waals surface area contributed by atoms with Crippen LogP contribution in [0.25, 0.3) is 10.2 Å². The summed E-state index contributed by atoms with van der Waals surface area (Å²) in [5.41, 5.74) is 2.35. The van der Waals surface area contributed by atoms with E-state index in [9.17, 15) is 4.79 Å². The summed E-state index contributed by atoms with van der Waals surface area (Å²) in [4.78, 5) is 19.0. The highest BCUT2D eigenvalue weighted by Gasteiger charge is 2.22. The fraction of sp³-hybridized carbons (Fsp3) is 0.136. The zero-order chi connectivity index (χ0) is 21.1. The maximum Gasteiger partial charge on any atom is 0.281 e. The lowest BCUT2D eigenvalue weighted by Gasteiger charge is -2.15. The Morgan fingerprint density at radius 3 is 2.53 bits per heavy atom. The molecule has 0 aliphatic carbocycles. The van der Waals surface area contributed by atoms with Gasteiger partial charge >= 0.3 is 0 Å². The maximum atomic E-state index is 13.5. The van der Waals surface area contributed by atoms with E-state index in [0.717, 1.165) is 20.7 Å². The van der Waals surface area contributed by atoms with Crippen molar-refractivity contribution in [2.45, 2.75) is 6.92 Å². The molecule has 2 aromatic carbocycles. The summed E-state index contributed by atoms with van der Waals surface area (Å²) in [5, 5.41) is 8.26. The molecule has 0 saturated heterocycles. The van der Waals surface area contributed by atoms with Crippen molar-refractivity contribution < 1.29 is 14.3 Å². The molecule has 0 atom stereocenters. The van der Waals surface area contributed by atoms with Crippen LogP contribution in [0.5, 0.6) is 11.5 Å². The number of carbonyl (C=O) groups excluding carboxylic acids is 1. The molecule has 0 aliphatic rings. The molecule has 2 aromatic heterocycles. The summed E-state index contributed by atoms with van der Waals surface area (Å²) in [6, 6.07) is 14.9. The zero-order valence-corrected chi connectivity index (χ0v) is 18.3. The van der Waals surface area contributed by atoms with Crippen molar-refractivity contribution in [3.05, 3.63) is 69.9 Å². The van der Waals surface area contributed by atoms with Crippen molar-refractivity contribution in [3.8, 4) is 11.5 Å². The van der Waals surface area contributed by atoms with Crippen LogP contribution in [-0.2, 0) is 0 Å². The molecular weight excluding hydrogens is 418 g/mol. The number of carbonyl (C=O) groups is 1. The van der Waals surface area contributed by atoms with Gasteiger partial charge in [-0.25, -0.2) is 4.98 Å². The van der Waals surface area contributed by atoms with Crippen LogP contribution in [0.2, 0.25) is 0 Å². The molecule has 1 amide bonds. The molecule has 0 N–H and O–H groups in total. The number of anilines is 1. The third-order valence-corrected chi connectivity index (χ3v) is 6.15. The molecule has 0 bridgehead atoms. The summed E-state index contributed by atoms with van der Waals surface area (Å²) in [6.07, 6.45) is 1.66. The molecule has 0 unspecified atom stereocenters. The second kappa shape index (κ2) is 8.64. The first-order valence-electron chi connectivity index (χ1n) is 9.09. The first-order chi connectivity index (χ1) is 14.6. The Labute approximate surface area is 182 Å². The number of aromatic nitrogens is 1. The maximum absolute atomic E-state index is 13.5. The Kier molecular flexibility index (Phi) is 5.78. The van der Waals surface area contributed by atoms with Gasteiger partial charge < -0.3 is 9.47 Å². The van der Waals surface area contributed by atoms with E-state index in [4.69, 9.17) is 9.47 Å². The largest absolute Gasteiger partial charge is 0.497 e. The number of thiazole rings is 1. The van der Waals surface area contributed by atoms with Crippen LogP contribution < -0.4 is 14.5 Å². The van der Waals surface area contributed by atoms with Crippen LogP contribution in [-0.4, -0.2) is 31.3 Å². The van der Waals surface area contributed by atoms with Gasteiger partial charge in [-0.15, -0.1) is 11.3 Å². The number of aryl methyl sites for hydroxylation is 1. The molecule has 0 aliphatic heterocycles. The van der Waals surface area contributed by atoms with Crippen molar-refractivity contribution in [1.82, 2.24) is 4.98 Å². The van der Waals surface area contributed by atoms with Crippen LogP contribution in [0.4, 0.5) is 5.13 Å². The SMILES string of the molecule is COc1cc(OC)cc(C(=O)N(/N=C/c2cccs2)c2nc3ccc(C)cc3s2)c1. The molecule has 152 valence electrons. The van der Waals surface area contributed by atoms with E-state index < -0.39 is 0 Å². The van der Waals surface area contributed by atoms with Gasteiger partial charge in [-0.05, 0) is 48.2 Å². The van der Waals surface area contributed by atoms with Crippen LogP contribution in [0.15, 0.2) is 59.0 Å². The van der Waals surface area contributed by atoms with Crippen molar-refractivity contribution in [1.29, 1.82) is 0 Å². The Bertz CT molecular complexity index is 1190. The molecule has 0 fully saturated rings. The number of amides is 1. The Morgan fingerprint density at radius 2 is 1.87 bits per heavy atom. The summed E-state index contributed by atoms with van der Waals surface area (Å²) in [6.45, 7) is 2.03. The minimum atomic E-state index is -0.323. The lowest BCUT2D eigenvalue weighted by molar-refractivity contribution is 0.0987. The van der Waals surface area contributed by atoms with E-state index in [2.05, 4.69) is 16.2 Å². The van der Waals surface area contributed by atoms with Gasteiger partial charge in [0.2, 0.25) is 5.13 Å². The van der Waals surface area contributed by atoms with E-state index in [-0.39, 0.29) is 5.91 Å². The number of hydrogen-bond acceptors (Lipinski definition) is 7. The molecule has 6 nitrogen and oxygen atoms in total. The first-order valence-corrected chi connectivity index (χ1v) is 10.8. The minimum Gasteiger partial charge on any atom is -0.497 e. The van der Waals surface area contributed by atoms with Crippen molar-refractivity contribution in [3.63, 3.8) is 0 Å². The molecule has 0 radical (unpaired) electrons. The normalized spacial score (nSPS) is 11.2. The smallest absolute Gasteiger partial charge is 0.281 e. The van der Waals surface area contributed by atoms with Crippen LogP contribution in [0, 0.1) is 6.92 Å². The van der Waals surface area contributed by atoms with Crippen molar-refractivity contribution >= 4 is 50.1 Å². The predicted molar refractivity (Wildman–Crippen MR) is 123 cm³/mol. The van der Waals surface area contributed by atoms with E-state index in [0.29, 0.717) is 22.2 Å². The third-order valence-electron chi connectivity index (χ3n) is 4.35. The Morgan fingerprint density at radius 1 is 1.10 bits per heavy atom. The summed E-state index contributed by atoms with van der Waals surface area (Å²) in [5.74, 6) is 0.732. The number of methoxy groups -OCH3 is 2. The minimum absolute atomic E-state index is 0.323. The van der Waals surface area contributed by atoms with Crippen molar-refractivity contribution in [2.75, 3.05) is 19.2 Å². The molecular formula is C22H19N3O3S2. The average Bonchev–Trinajstić information content (AvgIpc) is 3.42. The number of hydrogen-bond donors (Lipinski definition) is 0. The molecule has 2 heterocycles. The second-order valence-corrected chi connectivity index (χ2v) is 8.43. The topological polar surface area (TPSA) is 64.0 Å². The first kappa shape index (κ1) is 20.1. The number of nitrogens with zero attached hydrogens (tertiary/aromatic N) is 3. The lowest BCUT2D eigenvalue weighted by Crippen LogP contribution is -2.25. The van der Waals surface area contributed by atoms with Gasteiger partial charge in [0.15, 0.2) is 0 Å². The predicted octanol–water partition coefficient (Wildman–Crippen LogP) is 5.36. The number of ether oxygens (including phenoxy) is 2. The molecule has 8 heteroatoms. The highest BCUT2D eigenvalue weighted by Crippen LogP contribution is 2.32. The van der Waals surface area contributed by atoms with Crippen LogP contribution in [0.3, 0.4) is 0 Å². The average molecular weight is 438 g/mol. The highest BCUT2D eigenvalue weighted by atomic mass is 32.1. The van der Waals surface area contributed by atoms with Gasteiger partial charge in [0.25, 0.3) is 5.91 Å². The van der Waals surface area contributed by atoms with E-state index in [1.54, 1.807) is 50.0 Å². The number of rotatable bonds is 6. The van der Waals surface area contributed by atoms with E-state index in [1.807, 2.05) is 36.6 Å². The van der Waals surface area contributed by atoms with E-state index >= 15 is 0 Å². The quantitative estimate of drug-likeness (QED) is 0.301. The standard InChI is InChI=1S/C22H19N3O3S2/c1-14-6-7-19-20(9-14)30-22(24-19)25(23-13-18-5-4-8-29-18)21(26)15-10-16(27-2)12-17(11-15)28-3/h4-13H,1-3H3/b23-13+. The monoisotopic (exact) mass is 437 g/mol. The second-order valence-electron chi connectivity index (χ2n) is 6.45. The Balaban J connectivity index is 1.79. The van der Waals surface area contributed by atoms with Gasteiger partial charge in [0.1, 0.15) is 11.5 Å². The van der Waals surface area contributed by atoms with Gasteiger partial charge in [-0.2, -0.15) is 10.1 Å². The molecule has 4 aromatic rings. The van der Waals surface area contributed by atoms with Gasteiger partial charge in [0, 0.05) is 16.5 Å². The zero-order valence-electron chi connectivity index (χ0n) is 16.7. The summed E-state index contributed by atoms with van der Waals surface area (Å²) < 4.78 is 11.6. The molecule has 4 rings (SSSR count). The number of hydrazone groups is 1. The molecule has 0 spiro atoms. The Hall–Kier alpha value is -3.23. The van der Waals surface area contributed by atoms with E-state index in [1.165, 1.54) is 16.3 Å². The third kappa shape index (κ3) is 4.19. The van der Waals surface area contributed by atoms with Crippen LogP contribution >= 0.6 is 22.7 Å². The number of thiophene rings is 1. The van der Waals surface area contributed by atoms with Crippen LogP contribution in [0.1, 0.15) is 20.8 Å². The van der Waals surface area contributed by atoms with Gasteiger partial charge in [-0.1, -0.05) is 23.5 Å².